The maximum Gasteiger partial charge on any atom is 0.183 e. The minimum absolute atomic E-state index is 0.237. The van der Waals surface area contributed by atoms with Gasteiger partial charge in [0.1, 0.15) is 5.82 Å². The second-order valence-corrected chi connectivity index (χ2v) is 7.09. The Hall–Kier alpha value is -2.81. The molecule has 2 nitrogen and oxygen atoms in total. The van der Waals surface area contributed by atoms with Crippen molar-refractivity contribution in [3.63, 3.8) is 0 Å². The summed E-state index contributed by atoms with van der Waals surface area (Å²) in [6, 6.07) is 12.0. The van der Waals surface area contributed by atoms with E-state index in [0.29, 0.717) is 41.0 Å². The highest BCUT2D eigenvalue weighted by Gasteiger charge is 2.23. The van der Waals surface area contributed by atoms with Crippen molar-refractivity contribution in [3.05, 3.63) is 82.7 Å². The molecule has 0 bridgehead atoms. The topological polar surface area (TPSA) is 18.5 Å². The smallest absolute Gasteiger partial charge is 0.183 e. The van der Waals surface area contributed by atoms with Crippen LogP contribution in [0.5, 0.6) is 0 Å². The molecule has 3 aromatic carbocycles. The third-order valence-electron chi connectivity index (χ3n) is 5.03. The predicted octanol–water partition coefficient (Wildman–Crippen LogP) is 5.73. The van der Waals surface area contributed by atoms with E-state index in [4.69, 9.17) is 9.47 Å². The van der Waals surface area contributed by atoms with Gasteiger partial charge in [0, 0.05) is 17.0 Å². The van der Waals surface area contributed by atoms with Crippen LogP contribution in [0.3, 0.4) is 0 Å². The summed E-state index contributed by atoms with van der Waals surface area (Å²) in [5, 5.41) is 1.10. The number of benzene rings is 3. The number of fused-ring (bicyclic) bond motifs is 1. The summed E-state index contributed by atoms with van der Waals surface area (Å²) in [4.78, 5) is 0. The van der Waals surface area contributed by atoms with E-state index in [1.165, 1.54) is 6.07 Å². The molecule has 5 heteroatoms. The first kappa shape index (κ1) is 19.5. The number of rotatable bonds is 2. The number of hydrogen-bond acceptors (Lipinski definition) is 2. The van der Waals surface area contributed by atoms with E-state index in [0.717, 1.165) is 18.6 Å². The average Bonchev–Trinajstić information content (AvgIpc) is 2.74. The SMILES string of the molecule is CCC1COC(c2ccc(C#Cc3ccc4cc(F)c(F)cc4c3)c(F)c2)OC1. The van der Waals surface area contributed by atoms with E-state index in [9.17, 15) is 13.2 Å². The van der Waals surface area contributed by atoms with E-state index >= 15 is 0 Å². The molecule has 1 aliphatic rings. The fraction of sp³-hybridized carbons (Fsp3) is 0.250. The van der Waals surface area contributed by atoms with Crippen molar-refractivity contribution >= 4 is 10.8 Å². The molecule has 148 valence electrons. The van der Waals surface area contributed by atoms with Crippen molar-refractivity contribution < 1.29 is 22.6 Å². The lowest BCUT2D eigenvalue weighted by atomic mass is 10.1. The first-order valence-corrected chi connectivity index (χ1v) is 9.47. The van der Waals surface area contributed by atoms with Crippen LogP contribution in [-0.4, -0.2) is 13.2 Å². The lowest BCUT2D eigenvalue weighted by molar-refractivity contribution is -0.205. The molecule has 1 aliphatic heterocycles. The molecule has 4 rings (SSSR count). The Kier molecular flexibility index (Phi) is 5.57. The van der Waals surface area contributed by atoms with Gasteiger partial charge in [0.05, 0.1) is 18.8 Å². The fourth-order valence-corrected chi connectivity index (χ4v) is 3.21. The summed E-state index contributed by atoms with van der Waals surface area (Å²) in [6.07, 6.45) is 0.413. The molecule has 0 aromatic heterocycles. The molecule has 0 amide bonds. The third-order valence-corrected chi connectivity index (χ3v) is 5.03. The second-order valence-electron chi connectivity index (χ2n) is 7.09. The van der Waals surface area contributed by atoms with Crippen LogP contribution in [0.2, 0.25) is 0 Å². The molecular formula is C24H19F3O2. The van der Waals surface area contributed by atoms with Crippen LogP contribution in [0.1, 0.15) is 36.3 Å². The Morgan fingerprint density at radius 3 is 2.24 bits per heavy atom. The molecule has 0 unspecified atom stereocenters. The molecule has 29 heavy (non-hydrogen) atoms. The summed E-state index contributed by atoms with van der Waals surface area (Å²) in [6.45, 7) is 3.27. The van der Waals surface area contributed by atoms with E-state index in [2.05, 4.69) is 18.8 Å². The molecular weight excluding hydrogens is 377 g/mol. The number of ether oxygens (including phenoxy) is 2. The molecule has 1 heterocycles. The molecule has 0 radical (unpaired) electrons. The Bertz CT molecular complexity index is 1110. The first-order valence-electron chi connectivity index (χ1n) is 9.47. The van der Waals surface area contributed by atoms with Gasteiger partial charge in [0.2, 0.25) is 0 Å². The number of halogens is 3. The van der Waals surface area contributed by atoms with E-state index < -0.39 is 23.7 Å². The van der Waals surface area contributed by atoms with Crippen molar-refractivity contribution in [1.82, 2.24) is 0 Å². The quantitative estimate of drug-likeness (QED) is 0.515. The van der Waals surface area contributed by atoms with E-state index in [-0.39, 0.29) is 5.56 Å². The first-order chi connectivity index (χ1) is 14.0. The van der Waals surface area contributed by atoms with Crippen LogP contribution in [0.15, 0.2) is 48.5 Å². The van der Waals surface area contributed by atoms with Crippen LogP contribution in [0.4, 0.5) is 13.2 Å². The Balaban J connectivity index is 1.54. The van der Waals surface area contributed by atoms with Gasteiger partial charge in [-0.15, -0.1) is 0 Å². The van der Waals surface area contributed by atoms with Crippen LogP contribution in [0, 0.1) is 35.2 Å². The zero-order valence-electron chi connectivity index (χ0n) is 15.8. The minimum atomic E-state index is -0.915. The summed E-state index contributed by atoms with van der Waals surface area (Å²) in [5.74, 6) is 3.76. The predicted molar refractivity (Wildman–Crippen MR) is 105 cm³/mol. The van der Waals surface area contributed by atoms with E-state index in [1.54, 1.807) is 30.3 Å². The Morgan fingerprint density at radius 2 is 1.55 bits per heavy atom. The van der Waals surface area contributed by atoms with Crippen molar-refractivity contribution in [2.45, 2.75) is 19.6 Å². The molecule has 1 fully saturated rings. The van der Waals surface area contributed by atoms with Crippen molar-refractivity contribution in [1.29, 1.82) is 0 Å². The Morgan fingerprint density at radius 1 is 0.828 bits per heavy atom. The third kappa shape index (κ3) is 4.29. The molecule has 0 spiro atoms. The average molecular weight is 396 g/mol. The zero-order chi connectivity index (χ0) is 20.4. The summed E-state index contributed by atoms with van der Waals surface area (Å²) >= 11 is 0. The zero-order valence-corrected chi connectivity index (χ0v) is 15.8. The van der Waals surface area contributed by atoms with Crippen LogP contribution < -0.4 is 0 Å². The van der Waals surface area contributed by atoms with Gasteiger partial charge < -0.3 is 9.47 Å². The molecule has 3 aromatic rings. The van der Waals surface area contributed by atoms with Crippen molar-refractivity contribution in [2.24, 2.45) is 5.92 Å². The number of hydrogen-bond donors (Lipinski definition) is 0. The van der Waals surface area contributed by atoms with Gasteiger partial charge in [-0.3, -0.25) is 0 Å². The molecule has 1 saturated heterocycles. The van der Waals surface area contributed by atoms with Gasteiger partial charge in [-0.05, 0) is 53.6 Å². The molecule has 0 aliphatic carbocycles. The van der Waals surface area contributed by atoms with E-state index in [1.807, 2.05) is 0 Å². The van der Waals surface area contributed by atoms with Crippen molar-refractivity contribution in [3.8, 4) is 11.8 Å². The van der Waals surface area contributed by atoms with Gasteiger partial charge in [-0.2, -0.15) is 0 Å². The highest BCUT2D eigenvalue weighted by atomic mass is 19.2. The second kappa shape index (κ2) is 8.28. The largest absolute Gasteiger partial charge is 0.348 e. The normalized spacial score (nSPS) is 19.0. The van der Waals surface area contributed by atoms with Gasteiger partial charge in [0.15, 0.2) is 17.9 Å². The van der Waals surface area contributed by atoms with Gasteiger partial charge in [-0.1, -0.05) is 30.9 Å². The van der Waals surface area contributed by atoms with Crippen LogP contribution in [-0.2, 0) is 9.47 Å². The summed E-state index contributed by atoms with van der Waals surface area (Å²) in [7, 11) is 0. The monoisotopic (exact) mass is 396 g/mol. The van der Waals surface area contributed by atoms with Gasteiger partial charge >= 0.3 is 0 Å². The van der Waals surface area contributed by atoms with Crippen molar-refractivity contribution in [2.75, 3.05) is 13.2 Å². The maximum absolute atomic E-state index is 14.5. The highest BCUT2D eigenvalue weighted by Crippen LogP contribution is 2.27. The molecule has 0 saturated carbocycles. The minimum Gasteiger partial charge on any atom is -0.348 e. The highest BCUT2D eigenvalue weighted by molar-refractivity contribution is 5.84. The van der Waals surface area contributed by atoms with Gasteiger partial charge in [-0.25, -0.2) is 13.2 Å². The molecule has 0 atom stereocenters. The summed E-state index contributed by atoms with van der Waals surface area (Å²) in [5.41, 5.74) is 1.43. The maximum atomic E-state index is 14.5. The molecule has 0 N–H and O–H groups in total. The Labute approximate surface area is 167 Å². The van der Waals surface area contributed by atoms with Crippen LogP contribution in [0.25, 0.3) is 10.8 Å². The standard InChI is InChI=1S/C24H19F3O2/c1-2-15-13-28-24(29-14-15)19-8-7-17(21(25)11-19)5-3-16-4-6-18-10-22(26)23(27)12-20(18)9-16/h4,6-12,15,24H,2,13-14H2,1H3. The summed E-state index contributed by atoms with van der Waals surface area (Å²) < 4.78 is 52.6. The lowest BCUT2D eigenvalue weighted by Crippen LogP contribution is -2.26. The van der Waals surface area contributed by atoms with Gasteiger partial charge in [0.25, 0.3) is 0 Å². The fourth-order valence-electron chi connectivity index (χ4n) is 3.21. The van der Waals surface area contributed by atoms with Crippen LogP contribution >= 0.6 is 0 Å². The lowest BCUT2D eigenvalue weighted by Gasteiger charge is -2.29.